The van der Waals surface area contributed by atoms with E-state index in [-0.39, 0.29) is 0 Å². The van der Waals surface area contributed by atoms with Crippen molar-refractivity contribution in [1.82, 2.24) is 5.32 Å². The maximum Gasteiger partial charge on any atom is 0.0165 e. The minimum absolute atomic E-state index is 0.599. The lowest BCUT2D eigenvalue weighted by Gasteiger charge is -2.18. The molecule has 0 spiro atoms. The van der Waals surface area contributed by atoms with Gasteiger partial charge >= 0.3 is 0 Å². The van der Waals surface area contributed by atoms with Crippen LogP contribution in [0.3, 0.4) is 0 Å². The molecule has 108 valence electrons. The van der Waals surface area contributed by atoms with Crippen molar-refractivity contribution in [3.63, 3.8) is 0 Å². The van der Waals surface area contributed by atoms with Crippen molar-refractivity contribution in [3.05, 3.63) is 52.7 Å². The smallest absolute Gasteiger partial charge is 0.0165 e. The van der Waals surface area contributed by atoms with E-state index in [0.29, 0.717) is 6.04 Å². The van der Waals surface area contributed by atoms with Crippen LogP contribution in [0.25, 0.3) is 0 Å². The normalized spacial score (nSPS) is 12.4. The Balaban J connectivity index is 1.80. The van der Waals surface area contributed by atoms with Gasteiger partial charge in [0, 0.05) is 21.6 Å². The molecule has 1 unspecified atom stereocenters. The third kappa shape index (κ3) is 5.70. The molecule has 0 amide bonds. The Hall–Kier alpha value is -0.770. The standard InChI is InChI=1S/C17H23NS2/c1-2-12-18-15(10-11-17-9-6-13-19-17)14-20-16-7-4-3-5-8-16/h3-9,13,15,18H,2,10-12,14H2,1H3. The molecular weight excluding hydrogens is 282 g/mol. The Morgan fingerprint density at radius 3 is 2.70 bits per heavy atom. The second-order valence-electron chi connectivity index (χ2n) is 4.89. The monoisotopic (exact) mass is 305 g/mol. The van der Waals surface area contributed by atoms with Crippen LogP contribution < -0.4 is 5.32 Å². The molecule has 3 heteroatoms. The predicted molar refractivity (Wildman–Crippen MR) is 91.9 cm³/mol. The Morgan fingerprint density at radius 1 is 1.15 bits per heavy atom. The molecule has 0 bridgehead atoms. The summed E-state index contributed by atoms with van der Waals surface area (Å²) >= 11 is 3.83. The van der Waals surface area contributed by atoms with Crippen LogP contribution in [0.5, 0.6) is 0 Å². The van der Waals surface area contributed by atoms with Gasteiger partial charge in [-0.05, 0) is 49.4 Å². The van der Waals surface area contributed by atoms with Crippen LogP contribution in [0.4, 0.5) is 0 Å². The minimum atomic E-state index is 0.599. The maximum absolute atomic E-state index is 3.69. The van der Waals surface area contributed by atoms with E-state index in [1.807, 2.05) is 23.1 Å². The SMILES string of the molecule is CCCNC(CCc1cccs1)CSc1ccccc1. The van der Waals surface area contributed by atoms with E-state index in [9.17, 15) is 0 Å². The van der Waals surface area contributed by atoms with Gasteiger partial charge in [0.2, 0.25) is 0 Å². The topological polar surface area (TPSA) is 12.0 Å². The summed E-state index contributed by atoms with van der Waals surface area (Å²) in [6, 6.07) is 15.7. The van der Waals surface area contributed by atoms with Gasteiger partial charge in [0.25, 0.3) is 0 Å². The van der Waals surface area contributed by atoms with Crippen LogP contribution in [0.1, 0.15) is 24.6 Å². The summed E-state index contributed by atoms with van der Waals surface area (Å²) in [7, 11) is 0. The second kappa shape index (κ2) is 9.22. The summed E-state index contributed by atoms with van der Waals surface area (Å²) in [6.07, 6.45) is 3.61. The zero-order chi connectivity index (χ0) is 14.0. The van der Waals surface area contributed by atoms with Crippen molar-refractivity contribution in [2.75, 3.05) is 12.3 Å². The summed E-state index contributed by atoms with van der Waals surface area (Å²) in [5.41, 5.74) is 0. The van der Waals surface area contributed by atoms with Gasteiger partial charge in [0.15, 0.2) is 0 Å². The minimum Gasteiger partial charge on any atom is -0.313 e. The highest BCUT2D eigenvalue weighted by atomic mass is 32.2. The molecule has 1 nitrogen and oxygen atoms in total. The van der Waals surface area contributed by atoms with Crippen LogP contribution in [0.15, 0.2) is 52.7 Å². The fourth-order valence-corrected chi connectivity index (χ4v) is 3.83. The molecule has 0 aliphatic rings. The number of thiophene rings is 1. The van der Waals surface area contributed by atoms with E-state index in [1.165, 1.54) is 29.0 Å². The molecule has 1 atom stereocenters. The summed E-state index contributed by atoms with van der Waals surface area (Å²) in [5.74, 6) is 1.15. The molecule has 0 aliphatic heterocycles. The maximum atomic E-state index is 3.69. The first-order valence-corrected chi connectivity index (χ1v) is 9.18. The van der Waals surface area contributed by atoms with Crippen LogP contribution >= 0.6 is 23.1 Å². The molecule has 20 heavy (non-hydrogen) atoms. The van der Waals surface area contributed by atoms with E-state index >= 15 is 0 Å². The summed E-state index contributed by atoms with van der Waals surface area (Å²) in [4.78, 5) is 2.87. The fourth-order valence-electron chi connectivity index (χ4n) is 2.08. The summed E-state index contributed by atoms with van der Waals surface area (Å²) in [6.45, 7) is 3.35. The molecule has 1 heterocycles. The summed E-state index contributed by atoms with van der Waals surface area (Å²) < 4.78 is 0. The van der Waals surface area contributed by atoms with E-state index in [1.54, 1.807) is 0 Å². The molecular formula is C17H23NS2. The largest absolute Gasteiger partial charge is 0.313 e. The van der Waals surface area contributed by atoms with Gasteiger partial charge in [-0.25, -0.2) is 0 Å². The average Bonchev–Trinajstić information content (AvgIpc) is 3.01. The quantitative estimate of drug-likeness (QED) is 0.665. The number of aryl methyl sites for hydroxylation is 1. The van der Waals surface area contributed by atoms with Crippen molar-refractivity contribution in [1.29, 1.82) is 0 Å². The number of hydrogen-bond donors (Lipinski definition) is 1. The fraction of sp³-hybridized carbons (Fsp3) is 0.412. The van der Waals surface area contributed by atoms with Crippen LogP contribution in [-0.4, -0.2) is 18.3 Å². The Morgan fingerprint density at radius 2 is 2.00 bits per heavy atom. The highest BCUT2D eigenvalue weighted by Gasteiger charge is 2.09. The average molecular weight is 306 g/mol. The number of thioether (sulfide) groups is 1. The van der Waals surface area contributed by atoms with Gasteiger partial charge in [-0.2, -0.15) is 0 Å². The number of nitrogens with one attached hydrogen (secondary N) is 1. The van der Waals surface area contributed by atoms with Crippen LogP contribution in [0.2, 0.25) is 0 Å². The second-order valence-corrected chi connectivity index (χ2v) is 7.02. The van der Waals surface area contributed by atoms with Crippen molar-refractivity contribution < 1.29 is 0 Å². The molecule has 0 radical (unpaired) electrons. The lowest BCUT2D eigenvalue weighted by Crippen LogP contribution is -2.32. The number of hydrogen-bond acceptors (Lipinski definition) is 3. The molecule has 0 fully saturated rings. The first-order chi connectivity index (χ1) is 9.88. The van der Waals surface area contributed by atoms with Crippen LogP contribution in [-0.2, 0) is 6.42 Å². The van der Waals surface area contributed by atoms with Gasteiger partial charge in [0.1, 0.15) is 0 Å². The highest BCUT2D eigenvalue weighted by molar-refractivity contribution is 7.99. The Labute approximate surface area is 130 Å². The van der Waals surface area contributed by atoms with Gasteiger partial charge in [0.05, 0.1) is 0 Å². The van der Waals surface area contributed by atoms with Gasteiger partial charge < -0.3 is 5.32 Å². The third-order valence-electron chi connectivity index (χ3n) is 3.20. The zero-order valence-corrected chi connectivity index (χ0v) is 13.7. The lowest BCUT2D eigenvalue weighted by atomic mass is 10.1. The van der Waals surface area contributed by atoms with Crippen LogP contribution in [0, 0.1) is 0 Å². The first kappa shape index (κ1) is 15.6. The molecule has 2 rings (SSSR count). The molecule has 0 aliphatic carbocycles. The van der Waals surface area contributed by atoms with Gasteiger partial charge in [-0.15, -0.1) is 23.1 Å². The van der Waals surface area contributed by atoms with E-state index in [4.69, 9.17) is 0 Å². The molecule has 1 aromatic heterocycles. The molecule has 0 saturated heterocycles. The van der Waals surface area contributed by atoms with Crippen molar-refractivity contribution in [3.8, 4) is 0 Å². The number of rotatable bonds is 9. The number of benzene rings is 1. The molecule has 2 aromatic rings. The van der Waals surface area contributed by atoms with Crippen molar-refractivity contribution >= 4 is 23.1 Å². The van der Waals surface area contributed by atoms with Gasteiger partial charge in [-0.1, -0.05) is 31.2 Å². The van der Waals surface area contributed by atoms with E-state index in [2.05, 4.69) is 60.1 Å². The highest BCUT2D eigenvalue weighted by Crippen LogP contribution is 2.20. The lowest BCUT2D eigenvalue weighted by molar-refractivity contribution is 0.521. The van der Waals surface area contributed by atoms with Crippen molar-refractivity contribution in [2.24, 2.45) is 0 Å². The van der Waals surface area contributed by atoms with Gasteiger partial charge in [-0.3, -0.25) is 0 Å². The zero-order valence-electron chi connectivity index (χ0n) is 12.0. The van der Waals surface area contributed by atoms with Crippen molar-refractivity contribution in [2.45, 2.75) is 37.1 Å². The van der Waals surface area contributed by atoms with E-state index in [0.717, 1.165) is 12.3 Å². The molecule has 1 N–H and O–H groups in total. The third-order valence-corrected chi connectivity index (χ3v) is 5.31. The van der Waals surface area contributed by atoms with E-state index < -0.39 is 0 Å². The Bertz CT molecular complexity index is 453. The first-order valence-electron chi connectivity index (χ1n) is 7.32. The Kier molecular flexibility index (Phi) is 7.20. The summed E-state index contributed by atoms with van der Waals surface area (Å²) in [5, 5.41) is 5.86. The predicted octanol–water partition coefficient (Wildman–Crippen LogP) is 4.84. The molecule has 1 aromatic carbocycles. The molecule has 0 saturated carbocycles.